The van der Waals surface area contributed by atoms with Gasteiger partial charge in [-0.25, -0.2) is 0 Å². The van der Waals surface area contributed by atoms with Gasteiger partial charge in [-0.3, -0.25) is 4.79 Å². The lowest BCUT2D eigenvalue weighted by Crippen LogP contribution is -2.44. The van der Waals surface area contributed by atoms with Crippen molar-refractivity contribution in [2.75, 3.05) is 24.5 Å². The molecule has 1 unspecified atom stereocenters. The van der Waals surface area contributed by atoms with Gasteiger partial charge < -0.3 is 9.80 Å². The largest absolute Gasteiger partial charge is 0.359 e. The van der Waals surface area contributed by atoms with Gasteiger partial charge in [-0.05, 0) is 18.1 Å². The van der Waals surface area contributed by atoms with E-state index in [9.17, 15) is 4.79 Å². The lowest BCUT2D eigenvalue weighted by atomic mass is 10.1. The number of rotatable bonds is 2. The molecule has 1 amide bonds. The van der Waals surface area contributed by atoms with Crippen LogP contribution in [0.25, 0.3) is 0 Å². The van der Waals surface area contributed by atoms with Crippen molar-refractivity contribution >= 4 is 11.6 Å². The Morgan fingerprint density at radius 3 is 3.00 bits per heavy atom. The number of nitrogens with zero attached hydrogens (tertiary/aromatic N) is 2. The summed E-state index contributed by atoms with van der Waals surface area (Å²) in [5.41, 5.74) is 2.55. The van der Waals surface area contributed by atoms with Crippen LogP contribution in [0.2, 0.25) is 0 Å². The van der Waals surface area contributed by atoms with Crippen LogP contribution in [0.15, 0.2) is 36.9 Å². The Kier molecular flexibility index (Phi) is 2.82. The quantitative estimate of drug-likeness (QED) is 0.739. The number of benzene rings is 1. The maximum Gasteiger partial charge on any atom is 0.245 e. The summed E-state index contributed by atoms with van der Waals surface area (Å²) < 4.78 is 0. The van der Waals surface area contributed by atoms with Gasteiger partial charge in [0.25, 0.3) is 0 Å². The van der Waals surface area contributed by atoms with Gasteiger partial charge in [-0.15, -0.1) is 6.58 Å². The molecular formula is C15H18N2O. The van der Waals surface area contributed by atoms with Crippen LogP contribution in [0.4, 0.5) is 5.69 Å². The van der Waals surface area contributed by atoms with Crippen LogP contribution in [0.5, 0.6) is 0 Å². The SMILES string of the molecule is C=CCN1CCCN2c3ccccc3CC2C1=O. The van der Waals surface area contributed by atoms with Crippen molar-refractivity contribution in [3.63, 3.8) is 0 Å². The van der Waals surface area contributed by atoms with E-state index >= 15 is 0 Å². The zero-order valence-electron chi connectivity index (χ0n) is 10.5. The number of carbonyl (C=O) groups is 1. The molecule has 1 aromatic carbocycles. The highest BCUT2D eigenvalue weighted by Gasteiger charge is 2.37. The van der Waals surface area contributed by atoms with Gasteiger partial charge in [-0.2, -0.15) is 0 Å². The van der Waals surface area contributed by atoms with Gasteiger partial charge in [0.1, 0.15) is 6.04 Å². The first-order valence-corrected chi connectivity index (χ1v) is 6.55. The Morgan fingerprint density at radius 2 is 2.17 bits per heavy atom. The molecular weight excluding hydrogens is 224 g/mol. The third-order valence-corrected chi connectivity index (χ3v) is 3.86. The van der Waals surface area contributed by atoms with Crippen molar-refractivity contribution in [1.82, 2.24) is 4.90 Å². The first-order valence-electron chi connectivity index (χ1n) is 6.55. The topological polar surface area (TPSA) is 23.6 Å². The van der Waals surface area contributed by atoms with Gasteiger partial charge >= 0.3 is 0 Å². The van der Waals surface area contributed by atoms with Crippen LogP contribution in [0.1, 0.15) is 12.0 Å². The molecule has 18 heavy (non-hydrogen) atoms. The van der Waals surface area contributed by atoms with Crippen molar-refractivity contribution in [1.29, 1.82) is 0 Å². The van der Waals surface area contributed by atoms with Gasteiger partial charge in [0.2, 0.25) is 5.91 Å². The molecule has 3 heteroatoms. The molecule has 0 spiro atoms. The van der Waals surface area contributed by atoms with E-state index in [1.54, 1.807) is 0 Å². The van der Waals surface area contributed by atoms with Crippen molar-refractivity contribution in [2.24, 2.45) is 0 Å². The number of para-hydroxylation sites is 1. The van der Waals surface area contributed by atoms with Crippen molar-refractivity contribution in [3.05, 3.63) is 42.5 Å². The second-order valence-electron chi connectivity index (χ2n) is 4.97. The molecule has 1 aromatic rings. The summed E-state index contributed by atoms with van der Waals surface area (Å²) in [6.45, 7) is 6.22. The second kappa shape index (κ2) is 4.48. The summed E-state index contributed by atoms with van der Waals surface area (Å²) in [6, 6.07) is 8.38. The van der Waals surface area contributed by atoms with E-state index in [1.165, 1.54) is 11.3 Å². The van der Waals surface area contributed by atoms with E-state index in [2.05, 4.69) is 35.7 Å². The number of hydrogen-bond acceptors (Lipinski definition) is 2. The Morgan fingerprint density at radius 1 is 1.33 bits per heavy atom. The van der Waals surface area contributed by atoms with Gasteiger partial charge in [-0.1, -0.05) is 24.3 Å². The van der Waals surface area contributed by atoms with E-state index in [1.807, 2.05) is 11.0 Å². The Balaban J connectivity index is 1.91. The van der Waals surface area contributed by atoms with Crippen molar-refractivity contribution < 1.29 is 4.79 Å². The lowest BCUT2D eigenvalue weighted by molar-refractivity contribution is -0.131. The third kappa shape index (κ3) is 1.70. The fourth-order valence-corrected chi connectivity index (χ4v) is 3.04. The predicted molar refractivity (Wildman–Crippen MR) is 72.7 cm³/mol. The van der Waals surface area contributed by atoms with Gasteiger partial charge in [0.15, 0.2) is 0 Å². The molecule has 2 heterocycles. The van der Waals surface area contributed by atoms with E-state index in [0.29, 0.717) is 6.54 Å². The van der Waals surface area contributed by atoms with Gasteiger partial charge in [0, 0.05) is 31.7 Å². The first kappa shape index (κ1) is 11.3. The molecule has 0 bridgehead atoms. The normalized spacial score (nSPS) is 22.4. The van der Waals surface area contributed by atoms with Crippen LogP contribution in [-0.4, -0.2) is 36.5 Å². The lowest BCUT2D eigenvalue weighted by Gasteiger charge is -2.26. The second-order valence-corrected chi connectivity index (χ2v) is 4.97. The minimum Gasteiger partial charge on any atom is -0.359 e. The van der Waals surface area contributed by atoms with E-state index in [-0.39, 0.29) is 11.9 Å². The maximum absolute atomic E-state index is 12.5. The molecule has 3 rings (SSSR count). The van der Waals surface area contributed by atoms with Crippen LogP contribution in [-0.2, 0) is 11.2 Å². The molecule has 1 atom stereocenters. The van der Waals surface area contributed by atoms with Crippen LogP contribution < -0.4 is 4.90 Å². The fraction of sp³-hybridized carbons (Fsp3) is 0.400. The summed E-state index contributed by atoms with van der Waals surface area (Å²) in [7, 11) is 0. The minimum atomic E-state index is 0.00449. The predicted octanol–water partition coefficient (Wildman–Crippen LogP) is 1.84. The minimum absolute atomic E-state index is 0.00449. The van der Waals surface area contributed by atoms with Crippen LogP contribution in [0, 0.1) is 0 Å². The molecule has 3 nitrogen and oxygen atoms in total. The summed E-state index contributed by atoms with van der Waals surface area (Å²) in [4.78, 5) is 16.7. The Labute approximate surface area is 108 Å². The fourth-order valence-electron chi connectivity index (χ4n) is 3.04. The number of amides is 1. The number of fused-ring (bicyclic) bond motifs is 3. The van der Waals surface area contributed by atoms with Gasteiger partial charge in [0.05, 0.1) is 0 Å². The molecule has 0 saturated carbocycles. The average molecular weight is 242 g/mol. The molecule has 2 aliphatic rings. The zero-order chi connectivity index (χ0) is 12.5. The molecule has 1 saturated heterocycles. The molecule has 1 fully saturated rings. The average Bonchev–Trinajstić information content (AvgIpc) is 2.69. The highest BCUT2D eigenvalue weighted by molar-refractivity contribution is 5.88. The molecule has 0 N–H and O–H groups in total. The Hall–Kier alpha value is -1.77. The highest BCUT2D eigenvalue weighted by Crippen LogP contribution is 2.33. The van der Waals surface area contributed by atoms with E-state index < -0.39 is 0 Å². The third-order valence-electron chi connectivity index (χ3n) is 3.86. The number of hydrogen-bond donors (Lipinski definition) is 0. The smallest absolute Gasteiger partial charge is 0.245 e. The number of carbonyl (C=O) groups excluding carboxylic acids is 1. The summed E-state index contributed by atoms with van der Waals surface area (Å²) in [5, 5.41) is 0. The van der Waals surface area contributed by atoms with Crippen LogP contribution >= 0.6 is 0 Å². The molecule has 0 aromatic heterocycles. The molecule has 0 aliphatic carbocycles. The first-order chi connectivity index (χ1) is 8.81. The van der Waals surface area contributed by atoms with E-state index in [0.717, 1.165) is 25.9 Å². The monoisotopic (exact) mass is 242 g/mol. The van der Waals surface area contributed by atoms with Crippen molar-refractivity contribution in [2.45, 2.75) is 18.9 Å². The Bertz CT molecular complexity index is 483. The highest BCUT2D eigenvalue weighted by atomic mass is 16.2. The number of anilines is 1. The molecule has 94 valence electrons. The van der Waals surface area contributed by atoms with Crippen molar-refractivity contribution in [3.8, 4) is 0 Å². The summed E-state index contributed by atoms with van der Waals surface area (Å²) in [6.07, 6.45) is 3.70. The summed E-state index contributed by atoms with van der Waals surface area (Å²) >= 11 is 0. The summed E-state index contributed by atoms with van der Waals surface area (Å²) in [5.74, 6) is 0.253. The standard InChI is InChI=1S/C15H18N2O/c1-2-8-16-9-5-10-17-13-7-4-3-6-12(13)11-14(17)15(16)18/h2-4,6-7,14H,1,5,8-11H2. The van der Waals surface area contributed by atoms with Crippen LogP contribution in [0.3, 0.4) is 0 Å². The molecule has 0 radical (unpaired) electrons. The molecule has 2 aliphatic heterocycles. The zero-order valence-corrected chi connectivity index (χ0v) is 10.5. The maximum atomic E-state index is 12.5. The van der Waals surface area contributed by atoms with E-state index in [4.69, 9.17) is 0 Å².